The molecule has 0 aliphatic carbocycles. The van der Waals surface area contributed by atoms with Gasteiger partial charge in [0, 0.05) is 6.54 Å². The Morgan fingerprint density at radius 1 is 1.29 bits per heavy atom. The topological polar surface area (TPSA) is 30.5 Å². The molecule has 1 N–H and O–H groups in total. The average Bonchev–Trinajstić information content (AvgIpc) is 2.35. The smallest absolute Gasteiger partial charge is 0.133 e. The maximum absolute atomic E-state index is 5.65. The van der Waals surface area contributed by atoms with Crippen LogP contribution in [0.5, 0.6) is 11.5 Å². The molecule has 0 bridgehead atoms. The number of methoxy groups -OCH3 is 1. The van der Waals surface area contributed by atoms with E-state index < -0.39 is 0 Å². The minimum atomic E-state index is 0.675. The SMILES string of the molecule is CCCCNCCOc1ccc(OC)cc1Br. The lowest BCUT2D eigenvalue weighted by Crippen LogP contribution is -2.22. The summed E-state index contributed by atoms with van der Waals surface area (Å²) in [7, 11) is 1.65. The van der Waals surface area contributed by atoms with Crippen molar-refractivity contribution in [3.63, 3.8) is 0 Å². The predicted molar refractivity (Wildman–Crippen MR) is 74.0 cm³/mol. The van der Waals surface area contributed by atoms with Crippen molar-refractivity contribution in [3.8, 4) is 11.5 Å². The molecule has 1 aromatic rings. The summed E-state index contributed by atoms with van der Waals surface area (Å²) in [6.07, 6.45) is 2.43. The van der Waals surface area contributed by atoms with Gasteiger partial charge >= 0.3 is 0 Å². The minimum absolute atomic E-state index is 0.675. The van der Waals surface area contributed by atoms with E-state index in [1.54, 1.807) is 7.11 Å². The van der Waals surface area contributed by atoms with Crippen LogP contribution in [0.3, 0.4) is 0 Å². The van der Waals surface area contributed by atoms with Crippen LogP contribution >= 0.6 is 15.9 Å². The summed E-state index contributed by atoms with van der Waals surface area (Å²) in [5.41, 5.74) is 0. The van der Waals surface area contributed by atoms with E-state index in [-0.39, 0.29) is 0 Å². The van der Waals surface area contributed by atoms with E-state index in [9.17, 15) is 0 Å². The molecule has 0 saturated carbocycles. The predicted octanol–water partition coefficient (Wildman–Crippen LogP) is 3.23. The molecule has 17 heavy (non-hydrogen) atoms. The molecule has 1 rings (SSSR count). The number of hydrogen-bond acceptors (Lipinski definition) is 3. The first-order valence-corrected chi connectivity index (χ1v) is 6.74. The Morgan fingerprint density at radius 2 is 2.12 bits per heavy atom. The van der Waals surface area contributed by atoms with E-state index in [1.807, 2.05) is 18.2 Å². The van der Waals surface area contributed by atoms with Crippen LogP contribution in [0.4, 0.5) is 0 Å². The molecular formula is C13H20BrNO2. The first-order chi connectivity index (χ1) is 8.27. The fourth-order valence-electron chi connectivity index (χ4n) is 1.39. The van der Waals surface area contributed by atoms with Gasteiger partial charge in [-0.15, -0.1) is 0 Å². The molecule has 96 valence electrons. The third kappa shape index (κ3) is 5.41. The van der Waals surface area contributed by atoms with Crippen LogP contribution in [0, 0.1) is 0 Å². The minimum Gasteiger partial charge on any atom is -0.497 e. The normalized spacial score (nSPS) is 10.3. The maximum Gasteiger partial charge on any atom is 0.133 e. The quantitative estimate of drug-likeness (QED) is 0.748. The second-order valence-corrected chi connectivity index (χ2v) is 4.60. The van der Waals surface area contributed by atoms with Gasteiger partial charge in [0.05, 0.1) is 11.6 Å². The molecule has 3 nitrogen and oxygen atoms in total. The number of halogens is 1. The highest BCUT2D eigenvalue weighted by molar-refractivity contribution is 9.10. The molecule has 0 aliphatic heterocycles. The zero-order chi connectivity index (χ0) is 12.5. The number of unbranched alkanes of at least 4 members (excludes halogenated alkanes) is 1. The Hall–Kier alpha value is -0.740. The largest absolute Gasteiger partial charge is 0.497 e. The molecule has 0 saturated heterocycles. The molecule has 0 unspecified atom stereocenters. The van der Waals surface area contributed by atoms with E-state index in [0.717, 1.165) is 29.1 Å². The van der Waals surface area contributed by atoms with Gasteiger partial charge in [0.1, 0.15) is 18.1 Å². The zero-order valence-electron chi connectivity index (χ0n) is 10.5. The molecule has 0 heterocycles. The van der Waals surface area contributed by atoms with Gasteiger partial charge in [-0.1, -0.05) is 13.3 Å². The molecule has 0 amide bonds. The molecule has 0 aromatic heterocycles. The van der Waals surface area contributed by atoms with Crippen LogP contribution in [0.1, 0.15) is 19.8 Å². The lowest BCUT2D eigenvalue weighted by molar-refractivity contribution is 0.311. The van der Waals surface area contributed by atoms with E-state index in [0.29, 0.717) is 6.61 Å². The van der Waals surface area contributed by atoms with Crippen LogP contribution in [-0.4, -0.2) is 26.8 Å². The summed E-state index contributed by atoms with van der Waals surface area (Å²) in [6.45, 7) is 4.80. The Labute approximate surface area is 112 Å². The maximum atomic E-state index is 5.65. The van der Waals surface area contributed by atoms with Crippen LogP contribution in [0.25, 0.3) is 0 Å². The van der Waals surface area contributed by atoms with Crippen LogP contribution in [-0.2, 0) is 0 Å². The summed E-state index contributed by atoms with van der Waals surface area (Å²) < 4.78 is 11.7. The molecule has 0 spiro atoms. The van der Waals surface area contributed by atoms with Gasteiger partial charge in [0.15, 0.2) is 0 Å². The van der Waals surface area contributed by atoms with E-state index in [2.05, 4.69) is 28.2 Å². The number of hydrogen-bond donors (Lipinski definition) is 1. The van der Waals surface area contributed by atoms with Crippen molar-refractivity contribution < 1.29 is 9.47 Å². The van der Waals surface area contributed by atoms with Crippen molar-refractivity contribution in [1.29, 1.82) is 0 Å². The Bertz CT molecular complexity index is 331. The van der Waals surface area contributed by atoms with E-state index in [1.165, 1.54) is 12.8 Å². The van der Waals surface area contributed by atoms with E-state index >= 15 is 0 Å². The molecule has 0 aliphatic rings. The first kappa shape index (κ1) is 14.3. The van der Waals surface area contributed by atoms with Gasteiger partial charge < -0.3 is 14.8 Å². The molecule has 0 atom stereocenters. The summed E-state index contributed by atoms with van der Waals surface area (Å²) in [5, 5.41) is 3.33. The highest BCUT2D eigenvalue weighted by Crippen LogP contribution is 2.28. The Balaban J connectivity index is 2.27. The highest BCUT2D eigenvalue weighted by atomic mass is 79.9. The van der Waals surface area contributed by atoms with Gasteiger partial charge in [-0.05, 0) is 47.1 Å². The van der Waals surface area contributed by atoms with Gasteiger partial charge in [0.2, 0.25) is 0 Å². The van der Waals surface area contributed by atoms with Crippen molar-refractivity contribution in [2.45, 2.75) is 19.8 Å². The molecule has 4 heteroatoms. The van der Waals surface area contributed by atoms with Gasteiger partial charge in [0.25, 0.3) is 0 Å². The standard InChI is InChI=1S/C13H20BrNO2/c1-3-4-7-15-8-9-17-13-6-5-11(16-2)10-12(13)14/h5-6,10,15H,3-4,7-9H2,1-2H3. The molecular weight excluding hydrogens is 282 g/mol. The van der Waals surface area contributed by atoms with Crippen LogP contribution in [0.2, 0.25) is 0 Å². The lowest BCUT2D eigenvalue weighted by atomic mass is 10.3. The van der Waals surface area contributed by atoms with Crippen LogP contribution < -0.4 is 14.8 Å². The number of nitrogens with one attached hydrogen (secondary N) is 1. The first-order valence-electron chi connectivity index (χ1n) is 5.95. The zero-order valence-corrected chi connectivity index (χ0v) is 12.0. The third-order valence-electron chi connectivity index (χ3n) is 2.38. The number of rotatable bonds is 8. The monoisotopic (exact) mass is 301 g/mol. The van der Waals surface area contributed by atoms with Crippen molar-refractivity contribution >= 4 is 15.9 Å². The van der Waals surface area contributed by atoms with Crippen molar-refractivity contribution in [2.75, 3.05) is 26.8 Å². The summed E-state index contributed by atoms with van der Waals surface area (Å²) >= 11 is 3.46. The average molecular weight is 302 g/mol. The number of ether oxygens (including phenoxy) is 2. The Kier molecular flexibility index (Phi) is 7.05. The van der Waals surface area contributed by atoms with Crippen molar-refractivity contribution in [2.24, 2.45) is 0 Å². The molecule has 0 fully saturated rings. The van der Waals surface area contributed by atoms with Crippen molar-refractivity contribution in [1.82, 2.24) is 5.32 Å². The summed E-state index contributed by atoms with van der Waals surface area (Å²) in [6, 6.07) is 5.71. The fraction of sp³-hybridized carbons (Fsp3) is 0.538. The second-order valence-electron chi connectivity index (χ2n) is 3.75. The Morgan fingerprint density at radius 3 is 2.76 bits per heavy atom. The van der Waals surface area contributed by atoms with Gasteiger partial charge in [-0.3, -0.25) is 0 Å². The van der Waals surface area contributed by atoms with Crippen molar-refractivity contribution in [3.05, 3.63) is 22.7 Å². The molecule has 0 radical (unpaired) electrons. The van der Waals surface area contributed by atoms with E-state index in [4.69, 9.17) is 9.47 Å². The summed E-state index contributed by atoms with van der Waals surface area (Å²) in [5.74, 6) is 1.67. The lowest BCUT2D eigenvalue weighted by Gasteiger charge is -2.10. The van der Waals surface area contributed by atoms with Gasteiger partial charge in [-0.2, -0.15) is 0 Å². The third-order valence-corrected chi connectivity index (χ3v) is 3.00. The van der Waals surface area contributed by atoms with Crippen LogP contribution in [0.15, 0.2) is 22.7 Å². The second kappa shape index (κ2) is 8.37. The highest BCUT2D eigenvalue weighted by Gasteiger charge is 2.02. The molecule has 1 aromatic carbocycles. The summed E-state index contributed by atoms with van der Waals surface area (Å²) in [4.78, 5) is 0. The van der Waals surface area contributed by atoms with Gasteiger partial charge in [-0.25, -0.2) is 0 Å². The fourth-order valence-corrected chi connectivity index (χ4v) is 1.86. The number of benzene rings is 1.